The number of hydrogen-bond donors (Lipinski definition) is 1. The molecule has 3 heterocycles. The highest BCUT2D eigenvalue weighted by Crippen LogP contribution is 2.32. The Morgan fingerprint density at radius 2 is 1.76 bits per heavy atom. The number of rotatable bonds is 6. The number of carbonyl (C=O) groups excluding carboxylic acids is 3. The monoisotopic (exact) mass is 459 g/mol. The predicted octanol–water partition coefficient (Wildman–Crippen LogP) is 0.653. The van der Waals surface area contributed by atoms with Crippen molar-refractivity contribution in [2.24, 2.45) is 0 Å². The Hall–Kier alpha value is -3.17. The van der Waals surface area contributed by atoms with Crippen molar-refractivity contribution in [3.8, 4) is 5.75 Å². The van der Waals surface area contributed by atoms with Crippen LogP contribution in [-0.2, 0) is 34.0 Å². The number of fused-ring (bicyclic) bond motifs is 1. The number of hydrogen-bond acceptors (Lipinski definition) is 6. The minimum Gasteiger partial charge on any atom is -0.489 e. The highest BCUT2D eigenvalue weighted by atomic mass is 16.5. The lowest BCUT2D eigenvalue weighted by atomic mass is 9.91. The first-order valence-electron chi connectivity index (χ1n) is 11.6. The first-order valence-corrected chi connectivity index (χ1v) is 11.6. The molecule has 34 heavy (non-hydrogen) atoms. The van der Waals surface area contributed by atoms with Crippen molar-refractivity contribution in [2.75, 3.05) is 26.3 Å². The molecule has 3 aliphatic heterocycles. The van der Waals surface area contributed by atoms with Gasteiger partial charge in [0, 0.05) is 37.2 Å². The molecule has 2 aromatic carbocycles. The smallest absolute Gasteiger partial charge is 0.255 e. The summed E-state index contributed by atoms with van der Waals surface area (Å²) in [5, 5.41) is 2.32. The molecule has 0 spiro atoms. The molecule has 1 N–H and O–H groups in total. The van der Waals surface area contributed by atoms with Crippen molar-refractivity contribution >= 4 is 31.0 Å². The fourth-order valence-corrected chi connectivity index (χ4v) is 4.72. The molecule has 0 bridgehead atoms. The lowest BCUT2D eigenvalue weighted by Gasteiger charge is -2.29. The molecule has 1 unspecified atom stereocenters. The van der Waals surface area contributed by atoms with E-state index in [2.05, 4.69) is 22.3 Å². The molecule has 3 aliphatic rings. The van der Waals surface area contributed by atoms with Crippen molar-refractivity contribution in [1.82, 2.24) is 15.1 Å². The van der Waals surface area contributed by atoms with E-state index in [1.165, 1.54) is 10.5 Å². The van der Waals surface area contributed by atoms with E-state index >= 15 is 0 Å². The normalized spacial score (nSPS) is 20.9. The molecule has 5 rings (SSSR count). The molecule has 2 aromatic rings. The zero-order valence-corrected chi connectivity index (χ0v) is 18.9. The van der Waals surface area contributed by atoms with Crippen LogP contribution in [0.25, 0.3) is 0 Å². The number of benzene rings is 2. The Balaban J connectivity index is 1.27. The minimum absolute atomic E-state index is 0.212. The van der Waals surface area contributed by atoms with Crippen LogP contribution in [0.3, 0.4) is 0 Å². The maximum Gasteiger partial charge on any atom is 0.255 e. The summed E-state index contributed by atoms with van der Waals surface area (Å²) in [6, 6.07) is 10.9. The molecule has 2 radical (unpaired) electrons. The number of carbonyl (C=O) groups is 3. The summed E-state index contributed by atoms with van der Waals surface area (Å²) in [6.45, 7) is 4.86. The molecule has 3 amide bonds. The van der Waals surface area contributed by atoms with Crippen LogP contribution in [0, 0.1) is 0 Å². The van der Waals surface area contributed by atoms with Gasteiger partial charge in [0.15, 0.2) is 0 Å². The Morgan fingerprint density at radius 3 is 2.50 bits per heavy atom. The van der Waals surface area contributed by atoms with Crippen LogP contribution in [0.5, 0.6) is 5.75 Å². The largest absolute Gasteiger partial charge is 0.489 e. The van der Waals surface area contributed by atoms with Gasteiger partial charge in [0.25, 0.3) is 5.91 Å². The Kier molecular flexibility index (Phi) is 6.39. The van der Waals surface area contributed by atoms with Crippen LogP contribution in [0.1, 0.15) is 39.9 Å². The van der Waals surface area contributed by atoms with Gasteiger partial charge in [0.1, 0.15) is 26.2 Å². The summed E-state index contributed by atoms with van der Waals surface area (Å²) >= 11 is 0. The van der Waals surface area contributed by atoms with Gasteiger partial charge in [-0.25, -0.2) is 0 Å². The van der Waals surface area contributed by atoms with E-state index in [4.69, 9.17) is 17.3 Å². The molecule has 0 aliphatic carbocycles. The third kappa shape index (κ3) is 4.58. The number of amides is 3. The first kappa shape index (κ1) is 22.6. The molecule has 9 heteroatoms. The molecule has 0 saturated carbocycles. The number of imide groups is 1. The zero-order valence-electron chi connectivity index (χ0n) is 18.9. The van der Waals surface area contributed by atoms with E-state index in [1.807, 2.05) is 12.1 Å². The summed E-state index contributed by atoms with van der Waals surface area (Å²) in [5.74, 6) is -0.528. The third-order valence-corrected chi connectivity index (χ3v) is 6.61. The second kappa shape index (κ2) is 9.60. The maximum atomic E-state index is 13.0. The highest BCUT2D eigenvalue weighted by Gasteiger charge is 2.40. The van der Waals surface area contributed by atoms with E-state index in [0.29, 0.717) is 35.4 Å². The van der Waals surface area contributed by atoms with Gasteiger partial charge in [0.05, 0.1) is 19.8 Å². The fraction of sp³-hybridized carbons (Fsp3) is 0.400. The number of piperidine rings is 1. The molecule has 8 nitrogen and oxygen atoms in total. The van der Waals surface area contributed by atoms with Crippen molar-refractivity contribution in [3.05, 3.63) is 58.7 Å². The molecular formula is C25H26BN3O5. The molecule has 1 atom stereocenters. The number of ether oxygens (including phenoxy) is 2. The predicted molar refractivity (Wildman–Crippen MR) is 125 cm³/mol. The van der Waals surface area contributed by atoms with Gasteiger partial charge in [-0.15, -0.1) is 0 Å². The number of nitrogens with zero attached hydrogens (tertiary/aromatic N) is 2. The zero-order chi connectivity index (χ0) is 23.7. The van der Waals surface area contributed by atoms with Gasteiger partial charge in [-0.05, 0) is 23.6 Å². The second-order valence-electron chi connectivity index (χ2n) is 8.90. The van der Waals surface area contributed by atoms with Gasteiger partial charge in [-0.3, -0.25) is 24.6 Å². The fourth-order valence-electron chi connectivity index (χ4n) is 4.72. The summed E-state index contributed by atoms with van der Waals surface area (Å²) < 4.78 is 11.5. The Labute approximate surface area is 199 Å². The van der Waals surface area contributed by atoms with Crippen LogP contribution in [0.4, 0.5) is 0 Å². The molecule has 0 aromatic heterocycles. The van der Waals surface area contributed by atoms with Crippen LogP contribution in [0.15, 0.2) is 36.4 Å². The van der Waals surface area contributed by atoms with Gasteiger partial charge in [-0.2, -0.15) is 0 Å². The van der Waals surface area contributed by atoms with Crippen molar-refractivity contribution in [2.45, 2.75) is 38.6 Å². The summed E-state index contributed by atoms with van der Waals surface area (Å²) in [4.78, 5) is 40.7. The average Bonchev–Trinajstić information content (AvgIpc) is 3.16. The van der Waals surface area contributed by atoms with Crippen molar-refractivity contribution < 1.29 is 23.9 Å². The quantitative estimate of drug-likeness (QED) is 0.505. The highest BCUT2D eigenvalue weighted by molar-refractivity contribution is 6.34. The summed E-state index contributed by atoms with van der Waals surface area (Å²) in [7, 11) is 6.21. The van der Waals surface area contributed by atoms with Crippen molar-refractivity contribution in [1.29, 1.82) is 0 Å². The second-order valence-corrected chi connectivity index (χ2v) is 8.90. The number of nitrogens with one attached hydrogen (secondary N) is 1. The molecule has 2 fully saturated rings. The van der Waals surface area contributed by atoms with E-state index < -0.39 is 11.9 Å². The Morgan fingerprint density at radius 1 is 1.03 bits per heavy atom. The SMILES string of the molecule is [B]c1ccc2c(c1OCc1ccc(CN3CCOCC3)cc1)CN(C1CCC(=O)NC1=O)C2=O. The number of morpholine rings is 1. The van der Waals surface area contributed by atoms with Crippen LogP contribution in [0.2, 0.25) is 0 Å². The summed E-state index contributed by atoms with van der Waals surface area (Å²) in [5.41, 5.74) is 3.83. The third-order valence-electron chi connectivity index (χ3n) is 6.61. The van der Waals surface area contributed by atoms with E-state index in [1.54, 1.807) is 12.1 Å². The van der Waals surface area contributed by atoms with Gasteiger partial charge < -0.3 is 14.4 Å². The molecule has 174 valence electrons. The molecular weight excluding hydrogens is 433 g/mol. The Bertz CT molecular complexity index is 1110. The first-order chi connectivity index (χ1) is 16.5. The molecule has 2 saturated heterocycles. The standard InChI is InChI=1S/C25H26BN3O5/c26-20-6-5-18-19(14-29(25(18)32)21-7-8-22(30)27-24(21)31)23(20)34-15-17-3-1-16(2-4-17)13-28-9-11-33-12-10-28/h1-6,21H,7-15H2,(H,27,30,31). The van der Waals surface area contributed by atoms with Gasteiger partial charge in [-0.1, -0.05) is 35.8 Å². The summed E-state index contributed by atoms with van der Waals surface area (Å²) in [6.07, 6.45) is 0.524. The lowest BCUT2D eigenvalue weighted by molar-refractivity contribution is -0.136. The van der Waals surface area contributed by atoms with Crippen LogP contribution >= 0.6 is 0 Å². The van der Waals surface area contributed by atoms with E-state index in [9.17, 15) is 14.4 Å². The van der Waals surface area contributed by atoms with E-state index in [0.717, 1.165) is 38.4 Å². The van der Waals surface area contributed by atoms with Crippen LogP contribution in [-0.4, -0.2) is 67.7 Å². The lowest BCUT2D eigenvalue weighted by Crippen LogP contribution is -2.52. The maximum absolute atomic E-state index is 13.0. The van der Waals surface area contributed by atoms with Crippen molar-refractivity contribution in [3.63, 3.8) is 0 Å². The van der Waals surface area contributed by atoms with Crippen LogP contribution < -0.4 is 15.5 Å². The van der Waals surface area contributed by atoms with Gasteiger partial charge in [0.2, 0.25) is 11.8 Å². The van der Waals surface area contributed by atoms with E-state index in [-0.39, 0.29) is 24.8 Å². The minimum atomic E-state index is -0.675. The topological polar surface area (TPSA) is 88.2 Å². The van der Waals surface area contributed by atoms with Gasteiger partial charge >= 0.3 is 0 Å². The average molecular weight is 459 g/mol.